The summed E-state index contributed by atoms with van der Waals surface area (Å²) in [6, 6.07) is 7.51. The van der Waals surface area contributed by atoms with E-state index in [1.54, 1.807) is 0 Å². The van der Waals surface area contributed by atoms with E-state index >= 15 is 0 Å². The fourth-order valence-corrected chi connectivity index (χ4v) is 2.12. The van der Waals surface area contributed by atoms with E-state index < -0.39 is 0 Å². The average molecular weight is 285 g/mol. The largest absolute Gasteiger partial charge is 0.494 e. The van der Waals surface area contributed by atoms with Gasteiger partial charge >= 0.3 is 0 Å². The van der Waals surface area contributed by atoms with Crippen LogP contribution in [0.15, 0.2) is 24.3 Å². The van der Waals surface area contributed by atoms with E-state index in [-0.39, 0.29) is 23.7 Å². The third-order valence-electron chi connectivity index (χ3n) is 3.32. The van der Waals surface area contributed by atoms with Crippen LogP contribution in [-0.2, 0) is 4.79 Å². The zero-order valence-corrected chi connectivity index (χ0v) is 12.2. The maximum atomic E-state index is 12.2. The second-order valence-corrected chi connectivity index (χ2v) is 4.90. The number of halogens is 1. The molecule has 0 spiro atoms. The van der Waals surface area contributed by atoms with Gasteiger partial charge in [0.1, 0.15) is 5.75 Å². The number of ether oxygens (including phenoxy) is 1. The lowest BCUT2D eigenvalue weighted by Gasteiger charge is -2.21. The molecule has 0 aromatic heterocycles. The maximum absolute atomic E-state index is 12.2. The lowest BCUT2D eigenvalue weighted by molar-refractivity contribution is -0.123. The minimum Gasteiger partial charge on any atom is -0.494 e. The predicted octanol–water partition coefficient (Wildman–Crippen LogP) is 2.45. The van der Waals surface area contributed by atoms with E-state index in [1.165, 1.54) is 0 Å². The first-order valence-corrected chi connectivity index (χ1v) is 6.39. The Balaban J connectivity index is 0.00000180. The van der Waals surface area contributed by atoms with Crippen molar-refractivity contribution in [3.63, 3.8) is 0 Å². The second-order valence-electron chi connectivity index (χ2n) is 4.90. The molecular weight excluding hydrogens is 264 g/mol. The molecule has 1 aliphatic heterocycles. The fourth-order valence-electron chi connectivity index (χ4n) is 2.12. The van der Waals surface area contributed by atoms with Crippen LogP contribution in [0.2, 0.25) is 0 Å². The van der Waals surface area contributed by atoms with E-state index in [2.05, 4.69) is 10.6 Å². The van der Waals surface area contributed by atoms with Crippen LogP contribution in [-0.4, -0.2) is 25.6 Å². The molecule has 1 aliphatic rings. The van der Waals surface area contributed by atoms with Crippen molar-refractivity contribution in [1.29, 1.82) is 0 Å². The summed E-state index contributed by atoms with van der Waals surface area (Å²) in [6.07, 6.45) is 0.879. The van der Waals surface area contributed by atoms with Crippen molar-refractivity contribution in [2.45, 2.75) is 20.3 Å². The average Bonchev–Trinajstić information content (AvgIpc) is 2.78. The van der Waals surface area contributed by atoms with Crippen LogP contribution in [0.25, 0.3) is 0 Å². The van der Waals surface area contributed by atoms with Crippen LogP contribution in [0.5, 0.6) is 5.75 Å². The first kappa shape index (κ1) is 15.8. The number of anilines is 1. The van der Waals surface area contributed by atoms with Gasteiger partial charge in [0.2, 0.25) is 5.91 Å². The Morgan fingerprint density at radius 1 is 1.53 bits per heavy atom. The molecule has 0 radical (unpaired) electrons. The van der Waals surface area contributed by atoms with Gasteiger partial charge in [-0.2, -0.15) is 0 Å². The van der Waals surface area contributed by atoms with Crippen molar-refractivity contribution >= 4 is 24.0 Å². The number of amides is 1. The first-order chi connectivity index (χ1) is 8.64. The summed E-state index contributed by atoms with van der Waals surface area (Å²) in [5, 5.41) is 6.19. The number of carbonyl (C=O) groups is 1. The highest BCUT2D eigenvalue weighted by Crippen LogP contribution is 2.27. The van der Waals surface area contributed by atoms with Crippen LogP contribution in [0, 0.1) is 5.41 Å². The molecule has 0 saturated carbocycles. The molecule has 4 nitrogen and oxygen atoms in total. The van der Waals surface area contributed by atoms with Gasteiger partial charge in [0.25, 0.3) is 0 Å². The molecule has 0 bridgehead atoms. The Kier molecular flexibility index (Phi) is 5.63. The number of carbonyl (C=O) groups excluding carboxylic acids is 1. The molecule has 2 N–H and O–H groups in total. The van der Waals surface area contributed by atoms with Gasteiger partial charge in [0.05, 0.1) is 12.0 Å². The van der Waals surface area contributed by atoms with Gasteiger partial charge in [0.15, 0.2) is 0 Å². The Labute approximate surface area is 120 Å². The zero-order valence-electron chi connectivity index (χ0n) is 11.4. The van der Waals surface area contributed by atoms with E-state index in [9.17, 15) is 4.79 Å². The van der Waals surface area contributed by atoms with Crippen molar-refractivity contribution < 1.29 is 9.53 Å². The maximum Gasteiger partial charge on any atom is 0.231 e. The molecule has 0 aliphatic carbocycles. The Morgan fingerprint density at radius 3 is 2.95 bits per heavy atom. The van der Waals surface area contributed by atoms with E-state index in [0.29, 0.717) is 6.61 Å². The van der Waals surface area contributed by atoms with Gasteiger partial charge in [-0.3, -0.25) is 4.79 Å². The Bertz CT molecular complexity index is 431. The van der Waals surface area contributed by atoms with Crippen LogP contribution < -0.4 is 15.4 Å². The van der Waals surface area contributed by atoms with Crippen molar-refractivity contribution in [2.24, 2.45) is 5.41 Å². The summed E-state index contributed by atoms with van der Waals surface area (Å²) in [5.74, 6) is 0.853. The minimum absolute atomic E-state index is 0. The lowest BCUT2D eigenvalue weighted by atomic mass is 9.89. The molecule has 2 rings (SSSR count). The SMILES string of the molecule is CCOc1cccc(NC(=O)C2(C)CCNC2)c1.Cl. The molecule has 1 heterocycles. The van der Waals surface area contributed by atoms with Crippen LogP contribution in [0.1, 0.15) is 20.3 Å². The van der Waals surface area contributed by atoms with Gasteiger partial charge in [-0.1, -0.05) is 6.07 Å². The smallest absolute Gasteiger partial charge is 0.231 e. The van der Waals surface area contributed by atoms with E-state index in [0.717, 1.165) is 30.9 Å². The highest BCUT2D eigenvalue weighted by atomic mass is 35.5. The molecule has 1 unspecified atom stereocenters. The molecule has 1 amide bonds. The summed E-state index contributed by atoms with van der Waals surface area (Å²) in [6.45, 7) is 6.21. The number of nitrogens with one attached hydrogen (secondary N) is 2. The van der Waals surface area contributed by atoms with E-state index in [1.807, 2.05) is 38.1 Å². The summed E-state index contributed by atoms with van der Waals surface area (Å²) in [7, 11) is 0. The molecule has 1 fully saturated rings. The second kappa shape index (κ2) is 6.78. The van der Waals surface area contributed by atoms with Crippen molar-refractivity contribution in [3.05, 3.63) is 24.3 Å². The first-order valence-electron chi connectivity index (χ1n) is 6.39. The lowest BCUT2D eigenvalue weighted by Crippen LogP contribution is -2.35. The van der Waals surface area contributed by atoms with Crippen molar-refractivity contribution in [1.82, 2.24) is 5.32 Å². The minimum atomic E-state index is -0.304. The zero-order chi connectivity index (χ0) is 13.0. The Hall–Kier alpha value is -1.26. The standard InChI is InChI=1S/C14H20N2O2.ClH/c1-3-18-12-6-4-5-11(9-12)16-13(17)14(2)7-8-15-10-14;/h4-6,9,15H,3,7-8,10H2,1-2H3,(H,16,17);1H. The fraction of sp³-hybridized carbons (Fsp3) is 0.500. The van der Waals surface area contributed by atoms with Gasteiger partial charge in [-0.25, -0.2) is 0 Å². The molecule has 106 valence electrons. The molecule has 1 saturated heterocycles. The number of benzene rings is 1. The molecule has 1 aromatic rings. The molecule has 5 heteroatoms. The number of hydrogen-bond donors (Lipinski definition) is 2. The van der Waals surface area contributed by atoms with Gasteiger partial charge in [0, 0.05) is 18.3 Å². The van der Waals surface area contributed by atoms with Gasteiger partial charge in [-0.15, -0.1) is 12.4 Å². The van der Waals surface area contributed by atoms with Gasteiger partial charge in [-0.05, 0) is 38.9 Å². The molecular formula is C14H21ClN2O2. The Morgan fingerprint density at radius 2 is 2.32 bits per heavy atom. The van der Waals surface area contributed by atoms with Crippen LogP contribution in [0.4, 0.5) is 5.69 Å². The number of rotatable bonds is 4. The predicted molar refractivity (Wildman–Crippen MR) is 79.1 cm³/mol. The summed E-state index contributed by atoms with van der Waals surface area (Å²) >= 11 is 0. The van der Waals surface area contributed by atoms with Crippen molar-refractivity contribution in [3.8, 4) is 5.75 Å². The van der Waals surface area contributed by atoms with Crippen molar-refractivity contribution in [2.75, 3.05) is 25.0 Å². The monoisotopic (exact) mass is 284 g/mol. The van der Waals surface area contributed by atoms with Crippen LogP contribution in [0.3, 0.4) is 0 Å². The van der Waals surface area contributed by atoms with Gasteiger partial charge < -0.3 is 15.4 Å². The molecule has 1 aromatic carbocycles. The summed E-state index contributed by atoms with van der Waals surface area (Å²) < 4.78 is 5.42. The highest BCUT2D eigenvalue weighted by molar-refractivity contribution is 5.95. The summed E-state index contributed by atoms with van der Waals surface area (Å²) in [5.41, 5.74) is 0.487. The van der Waals surface area contributed by atoms with E-state index in [4.69, 9.17) is 4.74 Å². The molecule has 19 heavy (non-hydrogen) atoms. The highest BCUT2D eigenvalue weighted by Gasteiger charge is 2.36. The van der Waals surface area contributed by atoms with Crippen LogP contribution >= 0.6 is 12.4 Å². The third kappa shape index (κ3) is 3.85. The molecule has 1 atom stereocenters. The number of hydrogen-bond acceptors (Lipinski definition) is 3. The topological polar surface area (TPSA) is 50.4 Å². The normalized spacial score (nSPS) is 21.6. The summed E-state index contributed by atoms with van der Waals surface area (Å²) in [4.78, 5) is 12.2. The third-order valence-corrected chi connectivity index (χ3v) is 3.32. The quantitative estimate of drug-likeness (QED) is 0.893.